The Labute approximate surface area is 172 Å². The van der Waals surface area contributed by atoms with Crippen molar-refractivity contribution in [2.45, 2.75) is 18.6 Å². The molecule has 1 heterocycles. The van der Waals surface area contributed by atoms with Gasteiger partial charge < -0.3 is 14.8 Å². The van der Waals surface area contributed by atoms with E-state index in [9.17, 15) is 4.39 Å². The number of benzene rings is 2. The van der Waals surface area contributed by atoms with Crippen molar-refractivity contribution in [1.29, 1.82) is 0 Å². The van der Waals surface area contributed by atoms with Gasteiger partial charge in [0.05, 0.1) is 25.3 Å². The number of hydrogen-bond acceptors (Lipinski definition) is 6. The Morgan fingerprint density at radius 3 is 2.71 bits per heavy atom. The first-order chi connectivity index (χ1) is 13.5. The van der Waals surface area contributed by atoms with Crippen molar-refractivity contribution in [3.05, 3.63) is 52.8 Å². The molecule has 2 unspecified atom stereocenters. The highest BCUT2D eigenvalue weighted by molar-refractivity contribution is 8.13. The van der Waals surface area contributed by atoms with E-state index in [2.05, 4.69) is 16.2 Å². The van der Waals surface area contributed by atoms with Crippen LogP contribution < -0.4 is 25.6 Å². The van der Waals surface area contributed by atoms with Gasteiger partial charge in [0.25, 0.3) is 0 Å². The molecule has 1 fully saturated rings. The highest BCUT2D eigenvalue weighted by atomic mass is 35.5. The summed E-state index contributed by atoms with van der Waals surface area (Å²) in [5, 5.41) is 3.93. The van der Waals surface area contributed by atoms with Crippen molar-refractivity contribution in [2.24, 2.45) is 4.99 Å². The number of ether oxygens (including phenoxy) is 2. The van der Waals surface area contributed by atoms with Gasteiger partial charge in [0.15, 0.2) is 5.17 Å². The minimum atomic E-state index is -0.451. The molecular formula is C19H22ClFN4O2S. The lowest BCUT2D eigenvalue weighted by molar-refractivity contribution is 0.386. The molecule has 3 rings (SSSR count). The number of aliphatic imine (C=N–C) groups is 1. The predicted molar refractivity (Wildman–Crippen MR) is 113 cm³/mol. The van der Waals surface area contributed by atoms with Gasteiger partial charge in [-0.25, -0.2) is 20.2 Å². The number of hydrazine groups is 1. The van der Waals surface area contributed by atoms with Crippen LogP contribution >= 0.6 is 23.4 Å². The molecule has 0 aromatic heterocycles. The molecule has 150 valence electrons. The number of nitrogens with zero attached hydrogens (tertiary/aromatic N) is 1. The van der Waals surface area contributed by atoms with Crippen LogP contribution in [0.25, 0.3) is 0 Å². The molecule has 0 saturated carbocycles. The van der Waals surface area contributed by atoms with Gasteiger partial charge in [0, 0.05) is 23.7 Å². The Balaban J connectivity index is 1.70. The monoisotopic (exact) mass is 424 g/mol. The Hall–Kier alpha value is -2.00. The van der Waals surface area contributed by atoms with Gasteiger partial charge in [-0.2, -0.15) is 0 Å². The second-order valence-electron chi connectivity index (χ2n) is 6.09. The molecule has 28 heavy (non-hydrogen) atoms. The number of hydrogen-bond donors (Lipinski definition) is 3. The molecule has 2 aromatic rings. The van der Waals surface area contributed by atoms with Crippen LogP contribution in [0.3, 0.4) is 0 Å². The first kappa shape index (κ1) is 20.7. The summed E-state index contributed by atoms with van der Waals surface area (Å²) in [6.45, 7) is 0. The van der Waals surface area contributed by atoms with E-state index < -0.39 is 5.82 Å². The standard InChI is InChI=1S/C19H22ClFN4O2S/c1-26-12-5-6-13(17(9-12)27-2)16-10-18(25-24-16)23-19(28-3)22-11-4-7-15(21)14(20)8-11/h4-9,16,18,24-25H,10H2,1-3H3,(H,22,23). The highest BCUT2D eigenvalue weighted by Crippen LogP contribution is 2.33. The van der Waals surface area contributed by atoms with Crippen LogP contribution in [0.4, 0.5) is 10.1 Å². The van der Waals surface area contributed by atoms with Gasteiger partial charge in [0.1, 0.15) is 23.5 Å². The quantitative estimate of drug-likeness (QED) is 0.494. The number of anilines is 1. The third kappa shape index (κ3) is 4.88. The molecule has 0 spiro atoms. The summed E-state index contributed by atoms with van der Waals surface area (Å²) in [6.07, 6.45) is 2.52. The van der Waals surface area contributed by atoms with E-state index in [1.54, 1.807) is 20.3 Å². The van der Waals surface area contributed by atoms with Gasteiger partial charge in [-0.3, -0.25) is 0 Å². The summed E-state index contributed by atoms with van der Waals surface area (Å²) < 4.78 is 24.1. The fourth-order valence-electron chi connectivity index (χ4n) is 2.91. The number of nitrogens with one attached hydrogen (secondary N) is 3. The van der Waals surface area contributed by atoms with Crippen LogP contribution in [0.2, 0.25) is 5.02 Å². The van der Waals surface area contributed by atoms with E-state index in [0.29, 0.717) is 10.9 Å². The Morgan fingerprint density at radius 1 is 1.21 bits per heavy atom. The lowest BCUT2D eigenvalue weighted by Gasteiger charge is -2.15. The van der Waals surface area contributed by atoms with Gasteiger partial charge >= 0.3 is 0 Å². The van der Waals surface area contributed by atoms with Crippen LogP contribution in [-0.4, -0.2) is 31.8 Å². The van der Waals surface area contributed by atoms with E-state index in [4.69, 9.17) is 26.1 Å². The second-order valence-corrected chi connectivity index (χ2v) is 7.30. The molecule has 1 aliphatic rings. The minimum Gasteiger partial charge on any atom is -0.497 e. The van der Waals surface area contributed by atoms with Crippen molar-refractivity contribution < 1.29 is 13.9 Å². The Morgan fingerprint density at radius 2 is 2.04 bits per heavy atom. The third-order valence-corrected chi connectivity index (χ3v) is 5.22. The van der Waals surface area contributed by atoms with Crippen molar-refractivity contribution in [3.8, 4) is 11.5 Å². The average molecular weight is 425 g/mol. The summed E-state index contributed by atoms with van der Waals surface area (Å²) in [7, 11) is 3.26. The number of rotatable bonds is 5. The normalized spacial score (nSPS) is 19.5. The summed E-state index contributed by atoms with van der Waals surface area (Å²) in [5.74, 6) is 1.05. The van der Waals surface area contributed by atoms with E-state index in [-0.39, 0.29) is 17.2 Å². The summed E-state index contributed by atoms with van der Waals surface area (Å²) in [5.41, 5.74) is 8.16. The zero-order valence-corrected chi connectivity index (χ0v) is 17.3. The SMILES string of the molecule is COc1ccc(C2CC(/N=C(/Nc3ccc(F)c(Cl)c3)SC)NN2)c(OC)c1. The number of halogens is 2. The Bertz CT molecular complexity index is 868. The van der Waals surface area contributed by atoms with Crippen LogP contribution in [0.1, 0.15) is 18.0 Å². The lowest BCUT2D eigenvalue weighted by Crippen LogP contribution is -2.30. The molecule has 0 bridgehead atoms. The first-order valence-electron chi connectivity index (χ1n) is 8.61. The third-order valence-electron chi connectivity index (χ3n) is 4.34. The van der Waals surface area contributed by atoms with Crippen molar-refractivity contribution in [2.75, 3.05) is 25.8 Å². The zero-order chi connectivity index (χ0) is 20.1. The molecule has 1 saturated heterocycles. The van der Waals surface area contributed by atoms with E-state index in [0.717, 1.165) is 23.5 Å². The fourth-order valence-corrected chi connectivity index (χ4v) is 3.54. The first-order valence-corrected chi connectivity index (χ1v) is 10.2. The molecule has 1 aliphatic heterocycles. The topological polar surface area (TPSA) is 66.9 Å². The van der Waals surface area contributed by atoms with Crippen LogP contribution in [-0.2, 0) is 0 Å². The largest absolute Gasteiger partial charge is 0.497 e. The maximum Gasteiger partial charge on any atom is 0.162 e. The fraction of sp³-hybridized carbons (Fsp3) is 0.316. The molecule has 0 aliphatic carbocycles. The summed E-state index contributed by atoms with van der Waals surface area (Å²) in [4.78, 5) is 4.70. The van der Waals surface area contributed by atoms with Gasteiger partial charge in [0.2, 0.25) is 0 Å². The number of methoxy groups -OCH3 is 2. The molecule has 0 amide bonds. The molecule has 2 atom stereocenters. The maximum atomic E-state index is 13.3. The Kier molecular flexibility index (Phi) is 7.01. The van der Waals surface area contributed by atoms with Gasteiger partial charge in [-0.05, 0) is 30.5 Å². The smallest absolute Gasteiger partial charge is 0.162 e. The molecule has 2 aromatic carbocycles. The van der Waals surface area contributed by atoms with Crippen molar-refractivity contribution in [1.82, 2.24) is 10.9 Å². The molecule has 6 nitrogen and oxygen atoms in total. The minimum absolute atomic E-state index is 0.0398. The van der Waals surface area contributed by atoms with Crippen molar-refractivity contribution in [3.63, 3.8) is 0 Å². The molecule has 9 heteroatoms. The molecule has 0 radical (unpaired) electrons. The number of amidine groups is 1. The van der Waals surface area contributed by atoms with Crippen molar-refractivity contribution >= 4 is 34.2 Å². The van der Waals surface area contributed by atoms with E-state index in [1.807, 2.05) is 24.5 Å². The summed E-state index contributed by atoms with van der Waals surface area (Å²) in [6, 6.07) is 10.3. The van der Waals surface area contributed by atoms with Gasteiger partial charge in [-0.15, -0.1) is 0 Å². The summed E-state index contributed by atoms with van der Waals surface area (Å²) >= 11 is 7.31. The predicted octanol–water partition coefficient (Wildman–Crippen LogP) is 4.19. The highest BCUT2D eigenvalue weighted by Gasteiger charge is 2.27. The van der Waals surface area contributed by atoms with Crippen LogP contribution in [0, 0.1) is 5.82 Å². The zero-order valence-electron chi connectivity index (χ0n) is 15.8. The molecule has 3 N–H and O–H groups in total. The van der Waals surface area contributed by atoms with Gasteiger partial charge in [-0.1, -0.05) is 29.4 Å². The molecular weight excluding hydrogens is 403 g/mol. The number of thioether (sulfide) groups is 1. The maximum absolute atomic E-state index is 13.3. The van der Waals surface area contributed by atoms with Crippen LogP contribution in [0.5, 0.6) is 11.5 Å². The second kappa shape index (κ2) is 9.47. The van der Waals surface area contributed by atoms with E-state index in [1.165, 1.54) is 23.9 Å². The van der Waals surface area contributed by atoms with Crippen LogP contribution in [0.15, 0.2) is 41.4 Å². The lowest BCUT2D eigenvalue weighted by atomic mass is 10.0. The van der Waals surface area contributed by atoms with E-state index >= 15 is 0 Å². The average Bonchev–Trinajstić information content (AvgIpc) is 3.17.